The smallest absolute Gasteiger partial charge is 0.195 e. The van der Waals surface area contributed by atoms with Gasteiger partial charge in [0.25, 0.3) is 0 Å². The molecule has 0 saturated carbocycles. The maximum absolute atomic E-state index is 5.13. The number of hydrogen-bond acceptors (Lipinski definition) is 4. The summed E-state index contributed by atoms with van der Waals surface area (Å²) in [4.78, 5) is 11.9. The maximum Gasteiger partial charge on any atom is 0.195 e. The number of aromatic nitrogens is 2. The number of thiazole rings is 1. The zero-order valence-corrected chi connectivity index (χ0v) is 12.0. The Balaban J connectivity index is 2.21. The normalized spacial score (nSPS) is 12.5. The summed E-state index contributed by atoms with van der Waals surface area (Å²) in [6.45, 7) is 6.58. The van der Waals surface area contributed by atoms with Crippen LogP contribution in [-0.2, 0) is 4.84 Å². The molecule has 0 aliphatic carbocycles. The van der Waals surface area contributed by atoms with E-state index in [0.29, 0.717) is 6.61 Å². The lowest BCUT2D eigenvalue weighted by Crippen LogP contribution is -1.97. The second kappa shape index (κ2) is 4.66. The molecule has 1 aromatic carbocycles. The van der Waals surface area contributed by atoms with Crippen molar-refractivity contribution >= 4 is 33.0 Å². The average Bonchev–Trinajstić information content (AvgIpc) is 2.93. The summed E-state index contributed by atoms with van der Waals surface area (Å²) in [6.07, 6.45) is 0. The van der Waals surface area contributed by atoms with Gasteiger partial charge in [-0.25, -0.2) is 4.98 Å². The summed E-state index contributed by atoms with van der Waals surface area (Å²) >= 11 is 1.65. The van der Waals surface area contributed by atoms with E-state index in [1.807, 2.05) is 32.0 Å². The van der Waals surface area contributed by atoms with Crippen molar-refractivity contribution in [3.05, 3.63) is 34.8 Å². The maximum atomic E-state index is 5.13. The third-order valence-corrected chi connectivity index (χ3v) is 4.30. The van der Waals surface area contributed by atoms with Gasteiger partial charge in [-0.05, 0) is 32.9 Å². The first-order valence-electron chi connectivity index (χ1n) is 6.26. The third-order valence-electron chi connectivity index (χ3n) is 3.05. The average molecular weight is 273 g/mol. The van der Waals surface area contributed by atoms with Crippen molar-refractivity contribution in [1.82, 2.24) is 9.38 Å². The number of benzene rings is 1. The molecule has 4 nitrogen and oxygen atoms in total. The predicted molar refractivity (Wildman–Crippen MR) is 79.1 cm³/mol. The van der Waals surface area contributed by atoms with E-state index in [4.69, 9.17) is 4.84 Å². The molecular weight excluding hydrogens is 258 g/mol. The van der Waals surface area contributed by atoms with Gasteiger partial charge in [0, 0.05) is 5.69 Å². The first-order valence-corrected chi connectivity index (χ1v) is 7.07. The van der Waals surface area contributed by atoms with Gasteiger partial charge < -0.3 is 4.84 Å². The van der Waals surface area contributed by atoms with Crippen molar-refractivity contribution < 1.29 is 4.84 Å². The van der Waals surface area contributed by atoms with Crippen LogP contribution in [0.1, 0.15) is 24.4 Å². The lowest BCUT2D eigenvalue weighted by molar-refractivity contribution is 0.159. The van der Waals surface area contributed by atoms with Crippen LogP contribution in [0, 0.1) is 6.92 Å². The number of aryl methyl sites for hydroxylation is 1. The van der Waals surface area contributed by atoms with E-state index in [-0.39, 0.29) is 0 Å². The highest BCUT2D eigenvalue weighted by molar-refractivity contribution is 7.19. The molecule has 0 radical (unpaired) electrons. The van der Waals surface area contributed by atoms with Gasteiger partial charge >= 0.3 is 0 Å². The molecule has 0 atom stereocenters. The lowest BCUT2D eigenvalue weighted by atomic mass is 10.3. The summed E-state index contributed by atoms with van der Waals surface area (Å²) < 4.78 is 2.18. The van der Waals surface area contributed by atoms with Gasteiger partial charge in [0.05, 0.1) is 21.6 Å². The number of imidazole rings is 1. The summed E-state index contributed by atoms with van der Waals surface area (Å²) in [5.41, 5.74) is 4.23. The van der Waals surface area contributed by atoms with E-state index in [2.05, 4.69) is 27.5 Å². The van der Waals surface area contributed by atoms with Crippen molar-refractivity contribution in [2.24, 2.45) is 5.16 Å². The van der Waals surface area contributed by atoms with Gasteiger partial charge in [-0.15, -0.1) is 0 Å². The van der Waals surface area contributed by atoms with Gasteiger partial charge in [-0.2, -0.15) is 0 Å². The molecule has 0 aliphatic rings. The van der Waals surface area contributed by atoms with E-state index >= 15 is 0 Å². The topological polar surface area (TPSA) is 38.9 Å². The van der Waals surface area contributed by atoms with Gasteiger partial charge in [0.1, 0.15) is 6.61 Å². The number of nitrogens with zero attached hydrogens (tertiary/aromatic N) is 3. The molecule has 0 aliphatic heterocycles. The Morgan fingerprint density at radius 1 is 1.42 bits per heavy atom. The molecule has 5 heteroatoms. The number of fused-ring (bicyclic) bond motifs is 3. The predicted octanol–water partition coefficient (Wildman–Crippen LogP) is 3.62. The van der Waals surface area contributed by atoms with Crippen molar-refractivity contribution in [2.45, 2.75) is 20.8 Å². The van der Waals surface area contributed by atoms with Crippen LogP contribution in [0.4, 0.5) is 0 Å². The molecule has 2 aromatic heterocycles. The molecule has 0 bridgehead atoms. The monoisotopic (exact) mass is 273 g/mol. The van der Waals surface area contributed by atoms with Crippen LogP contribution >= 0.6 is 11.3 Å². The van der Waals surface area contributed by atoms with Gasteiger partial charge in [-0.3, -0.25) is 4.40 Å². The van der Waals surface area contributed by atoms with Gasteiger partial charge in [-0.1, -0.05) is 28.6 Å². The summed E-state index contributed by atoms with van der Waals surface area (Å²) in [7, 11) is 0. The van der Waals surface area contributed by atoms with Gasteiger partial charge in [0.15, 0.2) is 4.96 Å². The van der Waals surface area contributed by atoms with Crippen LogP contribution in [0.3, 0.4) is 0 Å². The molecule has 0 unspecified atom stereocenters. The van der Waals surface area contributed by atoms with E-state index in [0.717, 1.165) is 32.3 Å². The molecule has 0 fully saturated rings. The quantitative estimate of drug-likeness (QED) is 0.540. The Kier molecular flexibility index (Phi) is 2.98. The number of hydrogen-bond donors (Lipinski definition) is 0. The largest absolute Gasteiger partial charge is 0.396 e. The fraction of sp³-hybridized carbons (Fsp3) is 0.286. The fourth-order valence-electron chi connectivity index (χ4n) is 2.20. The van der Waals surface area contributed by atoms with Crippen LogP contribution in [0.25, 0.3) is 16.0 Å². The van der Waals surface area contributed by atoms with E-state index in [9.17, 15) is 0 Å². The van der Waals surface area contributed by atoms with Crippen LogP contribution in [0.2, 0.25) is 0 Å². The van der Waals surface area contributed by atoms with Gasteiger partial charge in [0.2, 0.25) is 0 Å². The Hall–Kier alpha value is -1.88. The van der Waals surface area contributed by atoms with E-state index < -0.39 is 0 Å². The molecular formula is C14H15N3OS. The Bertz CT molecular complexity index is 770. The SMILES string of the molecule is CCON=C(C)c1sc2nc3ccccc3n2c1C. The summed E-state index contributed by atoms with van der Waals surface area (Å²) in [6, 6.07) is 8.18. The fourth-order valence-corrected chi connectivity index (χ4v) is 3.28. The number of para-hydroxylation sites is 2. The minimum absolute atomic E-state index is 0.585. The van der Waals surface area contributed by atoms with Crippen molar-refractivity contribution in [3.8, 4) is 0 Å². The molecule has 2 heterocycles. The van der Waals surface area contributed by atoms with Crippen LogP contribution in [0.15, 0.2) is 29.4 Å². The third kappa shape index (κ3) is 1.90. The second-order valence-corrected chi connectivity index (χ2v) is 5.31. The number of oxime groups is 1. The first-order chi connectivity index (χ1) is 9.22. The molecule has 19 heavy (non-hydrogen) atoms. The first kappa shape index (κ1) is 12.2. The highest BCUT2D eigenvalue weighted by Gasteiger charge is 2.15. The Morgan fingerprint density at radius 3 is 3.00 bits per heavy atom. The molecule has 0 saturated heterocycles. The highest BCUT2D eigenvalue weighted by atomic mass is 32.1. The minimum Gasteiger partial charge on any atom is -0.396 e. The van der Waals surface area contributed by atoms with Crippen molar-refractivity contribution in [2.75, 3.05) is 6.61 Å². The highest BCUT2D eigenvalue weighted by Crippen LogP contribution is 2.28. The van der Waals surface area contributed by atoms with Crippen molar-refractivity contribution in [3.63, 3.8) is 0 Å². The lowest BCUT2D eigenvalue weighted by Gasteiger charge is -2.00. The standard InChI is InChI=1S/C14H15N3OS/c1-4-18-16-9(2)13-10(3)17-12-8-6-5-7-11(12)15-14(17)19-13/h5-8H,4H2,1-3H3. The Labute approximate surface area is 115 Å². The van der Waals surface area contributed by atoms with Crippen LogP contribution in [0.5, 0.6) is 0 Å². The second-order valence-electron chi connectivity index (χ2n) is 4.33. The molecule has 3 aromatic rings. The van der Waals surface area contributed by atoms with E-state index in [1.54, 1.807) is 11.3 Å². The Morgan fingerprint density at radius 2 is 2.21 bits per heavy atom. The van der Waals surface area contributed by atoms with Crippen LogP contribution in [-0.4, -0.2) is 21.7 Å². The molecule has 0 spiro atoms. The number of rotatable bonds is 3. The van der Waals surface area contributed by atoms with Crippen molar-refractivity contribution in [1.29, 1.82) is 0 Å². The zero-order valence-electron chi connectivity index (χ0n) is 11.2. The summed E-state index contributed by atoms with van der Waals surface area (Å²) in [5, 5.41) is 4.11. The molecule has 0 N–H and O–H groups in total. The zero-order chi connectivity index (χ0) is 13.4. The minimum atomic E-state index is 0.585. The van der Waals surface area contributed by atoms with Crippen LogP contribution < -0.4 is 0 Å². The molecule has 0 amide bonds. The van der Waals surface area contributed by atoms with E-state index in [1.165, 1.54) is 0 Å². The summed E-state index contributed by atoms with van der Waals surface area (Å²) in [5.74, 6) is 0. The molecule has 98 valence electrons. The molecule has 3 rings (SSSR count).